The van der Waals surface area contributed by atoms with Crippen molar-refractivity contribution in [2.45, 2.75) is 19.8 Å². The van der Waals surface area contributed by atoms with Gasteiger partial charge in [0.1, 0.15) is 0 Å². The van der Waals surface area contributed by atoms with Crippen molar-refractivity contribution in [2.24, 2.45) is 0 Å². The molecule has 0 saturated carbocycles. The van der Waals surface area contributed by atoms with Crippen LogP contribution in [-0.4, -0.2) is 5.84 Å². The van der Waals surface area contributed by atoms with Crippen molar-refractivity contribution in [1.82, 2.24) is 5.32 Å². The first kappa shape index (κ1) is 13.1. The second-order valence-corrected chi connectivity index (χ2v) is 4.19. The molecule has 1 aromatic carbocycles. The second-order valence-electron chi connectivity index (χ2n) is 3.38. The first-order chi connectivity index (χ1) is 7.63. The van der Waals surface area contributed by atoms with Crippen molar-refractivity contribution in [3.63, 3.8) is 0 Å². The lowest BCUT2D eigenvalue weighted by atomic mass is 10.2. The summed E-state index contributed by atoms with van der Waals surface area (Å²) in [6.07, 6.45) is 5.31. The maximum atomic E-state index is 7.52. The number of nitrogens with one attached hydrogen (secondary N) is 2. The summed E-state index contributed by atoms with van der Waals surface area (Å²) >= 11 is 11.7. The van der Waals surface area contributed by atoms with Crippen LogP contribution in [0.4, 0.5) is 0 Å². The molecule has 2 N–H and O–H groups in total. The normalized spacial score (nSPS) is 10.7. The molecule has 0 spiro atoms. The quantitative estimate of drug-likeness (QED) is 0.611. The summed E-state index contributed by atoms with van der Waals surface area (Å²) < 4.78 is 0. The first-order valence-electron chi connectivity index (χ1n) is 5.09. The lowest BCUT2D eigenvalue weighted by molar-refractivity contribution is 0.950. The molecule has 0 aliphatic heterocycles. The van der Waals surface area contributed by atoms with E-state index in [1.807, 2.05) is 19.1 Å². The Balaban J connectivity index is 2.56. The summed E-state index contributed by atoms with van der Waals surface area (Å²) in [6.45, 7) is 2.04. The van der Waals surface area contributed by atoms with Crippen LogP contribution in [0.3, 0.4) is 0 Å². The van der Waals surface area contributed by atoms with Crippen molar-refractivity contribution >= 4 is 35.1 Å². The van der Waals surface area contributed by atoms with E-state index in [-0.39, 0.29) is 0 Å². The highest BCUT2D eigenvalue weighted by molar-refractivity contribution is 6.42. The molecule has 0 unspecified atom stereocenters. The molecular weight excluding hydrogens is 243 g/mol. The summed E-state index contributed by atoms with van der Waals surface area (Å²) in [5.74, 6) is 0.513. The highest BCUT2D eigenvalue weighted by Crippen LogP contribution is 2.22. The van der Waals surface area contributed by atoms with Gasteiger partial charge in [-0.1, -0.05) is 36.2 Å². The molecule has 0 fully saturated rings. The van der Waals surface area contributed by atoms with E-state index in [9.17, 15) is 0 Å². The van der Waals surface area contributed by atoms with Crippen LogP contribution in [0.15, 0.2) is 24.4 Å². The molecule has 1 rings (SSSR count). The highest BCUT2D eigenvalue weighted by Gasteiger charge is 1.96. The van der Waals surface area contributed by atoms with E-state index >= 15 is 0 Å². The molecule has 0 aliphatic rings. The fourth-order valence-corrected chi connectivity index (χ4v) is 1.48. The first-order valence-corrected chi connectivity index (χ1v) is 5.84. The number of rotatable bonds is 4. The molecule has 0 heterocycles. The zero-order valence-electron chi connectivity index (χ0n) is 9.06. The van der Waals surface area contributed by atoms with E-state index in [0.717, 1.165) is 18.4 Å². The fourth-order valence-electron chi connectivity index (χ4n) is 1.18. The van der Waals surface area contributed by atoms with Gasteiger partial charge < -0.3 is 5.32 Å². The van der Waals surface area contributed by atoms with E-state index in [1.165, 1.54) is 0 Å². The van der Waals surface area contributed by atoms with Crippen molar-refractivity contribution in [1.29, 1.82) is 5.41 Å². The van der Waals surface area contributed by atoms with Crippen molar-refractivity contribution in [2.75, 3.05) is 0 Å². The molecule has 0 aliphatic carbocycles. The lowest BCUT2D eigenvalue weighted by Gasteiger charge is -2.01. The van der Waals surface area contributed by atoms with E-state index in [2.05, 4.69) is 5.32 Å². The van der Waals surface area contributed by atoms with Crippen LogP contribution in [-0.2, 0) is 0 Å². The number of benzene rings is 1. The predicted molar refractivity (Wildman–Crippen MR) is 71.3 cm³/mol. The second kappa shape index (κ2) is 6.56. The third-order valence-corrected chi connectivity index (χ3v) is 2.72. The van der Waals surface area contributed by atoms with E-state index < -0.39 is 0 Å². The Hall–Kier alpha value is -0.990. The van der Waals surface area contributed by atoms with Crippen LogP contribution < -0.4 is 5.32 Å². The molecular formula is C12H14Cl2N2. The van der Waals surface area contributed by atoms with Crippen LogP contribution in [0.25, 0.3) is 6.08 Å². The van der Waals surface area contributed by atoms with Gasteiger partial charge in [-0.25, -0.2) is 0 Å². The topological polar surface area (TPSA) is 35.9 Å². The zero-order valence-corrected chi connectivity index (χ0v) is 10.6. The number of hydrogen-bond acceptors (Lipinski definition) is 1. The largest absolute Gasteiger partial charge is 0.351 e. The number of hydrogen-bond donors (Lipinski definition) is 2. The Kier molecular flexibility index (Phi) is 5.36. The van der Waals surface area contributed by atoms with Crippen LogP contribution in [0.1, 0.15) is 25.3 Å². The Bertz CT molecular complexity index is 400. The molecule has 86 valence electrons. The maximum absolute atomic E-state index is 7.52. The Labute approximate surface area is 106 Å². The molecule has 1 aromatic rings. The van der Waals surface area contributed by atoms with Crippen LogP contribution in [0.5, 0.6) is 0 Å². The minimum absolute atomic E-state index is 0.513. The van der Waals surface area contributed by atoms with Crippen molar-refractivity contribution in [3.8, 4) is 0 Å². The standard InChI is InChI=1S/C12H14Cl2N2/c1-2-3-12(15)16-7-6-9-4-5-10(13)11(14)8-9/h4-8H,2-3H2,1H3,(H2,15,16). The lowest BCUT2D eigenvalue weighted by Crippen LogP contribution is -2.14. The molecule has 0 radical (unpaired) electrons. The number of amidine groups is 1. The van der Waals surface area contributed by atoms with Gasteiger partial charge in [-0.2, -0.15) is 0 Å². The van der Waals surface area contributed by atoms with Gasteiger partial charge in [0, 0.05) is 12.6 Å². The summed E-state index contributed by atoms with van der Waals surface area (Å²) in [5, 5.41) is 11.5. The van der Waals surface area contributed by atoms with Crippen molar-refractivity contribution in [3.05, 3.63) is 40.0 Å². The van der Waals surface area contributed by atoms with Gasteiger partial charge in [0.2, 0.25) is 0 Å². The number of halogens is 2. The van der Waals surface area contributed by atoms with Gasteiger partial charge in [-0.15, -0.1) is 0 Å². The van der Waals surface area contributed by atoms with Crippen molar-refractivity contribution < 1.29 is 0 Å². The van der Waals surface area contributed by atoms with Gasteiger partial charge in [0.15, 0.2) is 0 Å². The van der Waals surface area contributed by atoms with Crippen LogP contribution in [0, 0.1) is 5.41 Å². The summed E-state index contributed by atoms with van der Waals surface area (Å²) in [6, 6.07) is 5.41. The summed E-state index contributed by atoms with van der Waals surface area (Å²) in [5.41, 5.74) is 0.950. The Morgan fingerprint density at radius 1 is 1.38 bits per heavy atom. The Morgan fingerprint density at radius 3 is 2.75 bits per heavy atom. The minimum atomic E-state index is 0.513. The average Bonchev–Trinajstić information content (AvgIpc) is 2.24. The van der Waals surface area contributed by atoms with Crippen LogP contribution in [0.2, 0.25) is 10.0 Å². The zero-order chi connectivity index (χ0) is 12.0. The van der Waals surface area contributed by atoms with Gasteiger partial charge >= 0.3 is 0 Å². The Morgan fingerprint density at radius 2 is 2.12 bits per heavy atom. The molecule has 4 heteroatoms. The van der Waals surface area contributed by atoms with E-state index in [1.54, 1.807) is 18.3 Å². The third-order valence-electron chi connectivity index (χ3n) is 1.98. The molecule has 0 aromatic heterocycles. The maximum Gasteiger partial charge on any atom is 0.0971 e. The van der Waals surface area contributed by atoms with Gasteiger partial charge in [0.05, 0.1) is 15.9 Å². The van der Waals surface area contributed by atoms with Gasteiger partial charge in [-0.3, -0.25) is 5.41 Å². The fraction of sp³-hybridized carbons (Fsp3) is 0.250. The molecule has 0 saturated heterocycles. The molecule has 0 atom stereocenters. The SMILES string of the molecule is CCCC(=N)NC=Cc1ccc(Cl)c(Cl)c1. The molecule has 0 bridgehead atoms. The van der Waals surface area contributed by atoms with Gasteiger partial charge in [-0.05, 0) is 30.2 Å². The monoisotopic (exact) mass is 256 g/mol. The summed E-state index contributed by atoms with van der Waals surface area (Å²) in [7, 11) is 0. The summed E-state index contributed by atoms with van der Waals surface area (Å²) in [4.78, 5) is 0. The minimum Gasteiger partial charge on any atom is -0.351 e. The molecule has 16 heavy (non-hydrogen) atoms. The predicted octanol–water partition coefficient (Wildman–Crippen LogP) is 4.33. The van der Waals surface area contributed by atoms with E-state index in [4.69, 9.17) is 28.6 Å². The molecule has 2 nitrogen and oxygen atoms in total. The van der Waals surface area contributed by atoms with E-state index in [0.29, 0.717) is 15.9 Å². The van der Waals surface area contributed by atoms with Crippen LogP contribution >= 0.6 is 23.2 Å². The highest BCUT2D eigenvalue weighted by atomic mass is 35.5. The van der Waals surface area contributed by atoms with Gasteiger partial charge in [0.25, 0.3) is 0 Å². The average molecular weight is 257 g/mol. The smallest absolute Gasteiger partial charge is 0.0971 e. The third kappa shape index (κ3) is 4.25. The molecule has 0 amide bonds.